The van der Waals surface area contributed by atoms with Gasteiger partial charge in [-0.25, -0.2) is 18.2 Å². The maximum atomic E-state index is 13.2. The van der Waals surface area contributed by atoms with E-state index in [1.165, 1.54) is 15.6 Å². The number of hydrogen-bond acceptors (Lipinski definition) is 5. The molecule has 4 rings (SSSR count). The molecule has 1 aliphatic heterocycles. The van der Waals surface area contributed by atoms with Gasteiger partial charge in [0.2, 0.25) is 10.0 Å². The smallest absolute Gasteiger partial charge is 0.321 e. The van der Waals surface area contributed by atoms with Crippen LogP contribution in [0.2, 0.25) is 0 Å². The van der Waals surface area contributed by atoms with Crippen LogP contribution in [0.5, 0.6) is 0 Å². The maximum absolute atomic E-state index is 13.2. The van der Waals surface area contributed by atoms with Crippen LogP contribution in [0.4, 0.5) is 9.93 Å². The number of thiazole rings is 1. The van der Waals surface area contributed by atoms with Crippen molar-refractivity contribution in [3.8, 4) is 0 Å². The van der Waals surface area contributed by atoms with E-state index in [9.17, 15) is 13.2 Å². The highest BCUT2D eigenvalue weighted by atomic mass is 32.2. The van der Waals surface area contributed by atoms with E-state index < -0.39 is 10.0 Å². The average molecular weight is 431 g/mol. The summed E-state index contributed by atoms with van der Waals surface area (Å²) in [6.07, 6.45) is 0.520. The molecule has 0 saturated heterocycles. The Morgan fingerprint density at radius 3 is 2.69 bits per heavy atom. The molecule has 3 aromatic rings. The van der Waals surface area contributed by atoms with Gasteiger partial charge in [-0.15, -0.1) is 0 Å². The van der Waals surface area contributed by atoms with Gasteiger partial charge in [0.1, 0.15) is 0 Å². The molecule has 0 spiro atoms. The number of rotatable bonds is 4. The fraction of sp³-hybridized carbons (Fsp3) is 0.300. The minimum atomic E-state index is -3.61. The van der Waals surface area contributed by atoms with Crippen LogP contribution in [0.1, 0.15) is 24.4 Å². The van der Waals surface area contributed by atoms with Crippen molar-refractivity contribution >= 4 is 43.3 Å². The van der Waals surface area contributed by atoms with Crippen molar-refractivity contribution in [1.29, 1.82) is 0 Å². The van der Waals surface area contributed by atoms with Gasteiger partial charge < -0.3 is 5.32 Å². The number of urea groups is 1. The first-order chi connectivity index (χ1) is 13.8. The first kappa shape index (κ1) is 19.8. The van der Waals surface area contributed by atoms with E-state index in [0.717, 1.165) is 21.3 Å². The molecule has 152 valence electrons. The first-order valence-electron chi connectivity index (χ1n) is 9.38. The van der Waals surface area contributed by atoms with Crippen LogP contribution >= 0.6 is 11.3 Å². The summed E-state index contributed by atoms with van der Waals surface area (Å²) in [6.45, 7) is 4.38. The van der Waals surface area contributed by atoms with Gasteiger partial charge in [-0.2, -0.15) is 4.31 Å². The summed E-state index contributed by atoms with van der Waals surface area (Å²) in [7, 11) is -3.61. The third kappa shape index (κ3) is 4.12. The lowest BCUT2D eigenvalue weighted by Crippen LogP contribution is -2.35. The molecule has 0 saturated carbocycles. The van der Waals surface area contributed by atoms with Gasteiger partial charge in [0.15, 0.2) is 5.13 Å². The molecule has 1 aromatic heterocycles. The lowest BCUT2D eigenvalue weighted by molar-refractivity contribution is 0.250. The fourth-order valence-electron chi connectivity index (χ4n) is 3.30. The number of nitrogens with zero attached hydrogens (tertiary/aromatic N) is 2. The van der Waals surface area contributed by atoms with Crippen molar-refractivity contribution in [3.05, 3.63) is 53.0 Å². The molecule has 9 heteroatoms. The first-order valence-corrected chi connectivity index (χ1v) is 11.6. The van der Waals surface area contributed by atoms with Crippen LogP contribution in [0.25, 0.3) is 10.8 Å². The summed E-state index contributed by atoms with van der Waals surface area (Å²) in [4.78, 5) is 17.5. The van der Waals surface area contributed by atoms with E-state index in [4.69, 9.17) is 0 Å². The van der Waals surface area contributed by atoms with Crippen LogP contribution in [-0.2, 0) is 23.0 Å². The molecule has 0 bridgehead atoms. The number of anilines is 1. The van der Waals surface area contributed by atoms with E-state index in [1.54, 1.807) is 12.1 Å². The van der Waals surface area contributed by atoms with Crippen LogP contribution < -0.4 is 10.6 Å². The number of hydrogen-bond donors (Lipinski definition) is 2. The summed E-state index contributed by atoms with van der Waals surface area (Å²) in [5, 5.41) is 7.86. The molecule has 2 amide bonds. The Bertz CT molecular complexity index is 1170. The van der Waals surface area contributed by atoms with Crippen molar-refractivity contribution in [2.24, 2.45) is 0 Å². The molecule has 0 aliphatic carbocycles. The van der Waals surface area contributed by atoms with Gasteiger partial charge in [-0.3, -0.25) is 5.32 Å². The Morgan fingerprint density at radius 1 is 1.17 bits per heavy atom. The van der Waals surface area contributed by atoms with Crippen LogP contribution in [0.3, 0.4) is 0 Å². The van der Waals surface area contributed by atoms with E-state index in [1.807, 2.05) is 44.2 Å². The van der Waals surface area contributed by atoms with Crippen molar-refractivity contribution in [3.63, 3.8) is 0 Å². The Balaban J connectivity index is 1.54. The standard InChI is InChI=1S/C20H22N4O3S2/c1-13(2)21-19(25)23-20-22-17-9-10-24(12-18(17)28-20)29(26,27)16-8-7-14-5-3-4-6-15(14)11-16/h3-8,11,13H,9-10,12H2,1-2H3,(H2,21,22,23,25). The quantitative estimate of drug-likeness (QED) is 0.662. The van der Waals surface area contributed by atoms with Crippen molar-refractivity contribution in [2.75, 3.05) is 11.9 Å². The summed E-state index contributed by atoms with van der Waals surface area (Å²) in [5.74, 6) is 0. The number of carbonyl (C=O) groups is 1. The Hall–Kier alpha value is -2.49. The number of amides is 2. The largest absolute Gasteiger partial charge is 0.336 e. The molecule has 2 aromatic carbocycles. The van der Waals surface area contributed by atoms with E-state index >= 15 is 0 Å². The van der Waals surface area contributed by atoms with Crippen molar-refractivity contribution < 1.29 is 13.2 Å². The number of sulfonamides is 1. The molecule has 2 N–H and O–H groups in total. The van der Waals surface area contributed by atoms with Gasteiger partial charge in [0, 0.05) is 23.9 Å². The highest BCUT2D eigenvalue weighted by molar-refractivity contribution is 7.89. The molecule has 0 radical (unpaired) electrons. The SMILES string of the molecule is CC(C)NC(=O)Nc1nc2c(s1)CN(S(=O)(=O)c1ccc3ccccc3c1)CC2. The predicted molar refractivity (Wildman–Crippen MR) is 115 cm³/mol. The third-order valence-electron chi connectivity index (χ3n) is 4.70. The molecule has 0 unspecified atom stereocenters. The summed E-state index contributed by atoms with van der Waals surface area (Å²) < 4.78 is 27.8. The van der Waals surface area contributed by atoms with Gasteiger partial charge in [0.05, 0.1) is 17.1 Å². The summed E-state index contributed by atoms with van der Waals surface area (Å²) in [5.41, 5.74) is 0.847. The number of nitrogens with one attached hydrogen (secondary N) is 2. The predicted octanol–water partition coefficient (Wildman–Crippen LogP) is 3.57. The van der Waals surface area contributed by atoms with Crippen LogP contribution in [-0.4, -0.2) is 36.3 Å². The monoisotopic (exact) mass is 430 g/mol. The number of aromatic nitrogens is 1. The Kier molecular flexibility index (Phi) is 5.28. The van der Waals surface area contributed by atoms with Crippen molar-refractivity contribution in [1.82, 2.24) is 14.6 Å². The molecule has 29 heavy (non-hydrogen) atoms. The second kappa shape index (κ2) is 7.74. The van der Waals surface area contributed by atoms with Gasteiger partial charge in [-0.1, -0.05) is 41.7 Å². The van der Waals surface area contributed by atoms with Crippen LogP contribution in [0, 0.1) is 0 Å². The zero-order valence-corrected chi connectivity index (χ0v) is 17.8. The minimum Gasteiger partial charge on any atom is -0.336 e. The second-order valence-electron chi connectivity index (χ2n) is 7.24. The van der Waals surface area contributed by atoms with E-state index in [0.29, 0.717) is 23.0 Å². The third-order valence-corrected chi connectivity index (χ3v) is 7.53. The molecular weight excluding hydrogens is 408 g/mol. The zero-order valence-electron chi connectivity index (χ0n) is 16.2. The Morgan fingerprint density at radius 2 is 1.93 bits per heavy atom. The summed E-state index contributed by atoms with van der Waals surface area (Å²) in [6, 6.07) is 12.6. The van der Waals surface area contributed by atoms with Gasteiger partial charge in [-0.05, 0) is 36.8 Å². The van der Waals surface area contributed by atoms with Gasteiger partial charge in [0.25, 0.3) is 0 Å². The molecule has 2 heterocycles. The highest BCUT2D eigenvalue weighted by Crippen LogP contribution is 2.31. The minimum absolute atomic E-state index is 0.0205. The number of benzene rings is 2. The second-order valence-corrected chi connectivity index (χ2v) is 10.3. The molecule has 0 fully saturated rings. The number of carbonyl (C=O) groups excluding carboxylic acids is 1. The normalized spacial score (nSPS) is 14.7. The highest BCUT2D eigenvalue weighted by Gasteiger charge is 2.30. The maximum Gasteiger partial charge on any atom is 0.321 e. The zero-order chi connectivity index (χ0) is 20.6. The molecular formula is C20H22N4O3S2. The fourth-order valence-corrected chi connectivity index (χ4v) is 5.85. The lowest BCUT2D eigenvalue weighted by Gasteiger charge is -2.25. The van der Waals surface area contributed by atoms with Crippen molar-refractivity contribution in [2.45, 2.75) is 37.8 Å². The van der Waals surface area contributed by atoms with Gasteiger partial charge >= 0.3 is 6.03 Å². The summed E-state index contributed by atoms with van der Waals surface area (Å²) >= 11 is 1.32. The number of fused-ring (bicyclic) bond motifs is 2. The van der Waals surface area contributed by atoms with Crippen LogP contribution in [0.15, 0.2) is 47.4 Å². The molecule has 0 atom stereocenters. The lowest BCUT2D eigenvalue weighted by atomic mass is 10.1. The van der Waals surface area contributed by atoms with E-state index in [2.05, 4.69) is 15.6 Å². The van der Waals surface area contributed by atoms with E-state index in [-0.39, 0.29) is 18.6 Å². The topological polar surface area (TPSA) is 91.4 Å². The average Bonchev–Trinajstić information content (AvgIpc) is 3.08. The molecule has 7 nitrogen and oxygen atoms in total. The molecule has 1 aliphatic rings. The Labute approximate surface area is 173 Å².